The minimum absolute atomic E-state index is 0.0649. The molecule has 1 aromatic carbocycles. The lowest BCUT2D eigenvalue weighted by Gasteiger charge is -2.20. The van der Waals surface area contributed by atoms with Crippen molar-refractivity contribution in [2.24, 2.45) is 0 Å². The van der Waals surface area contributed by atoms with E-state index in [2.05, 4.69) is 4.98 Å². The standard InChI is InChI=1S/C19H21Cl2NO4/c1-5-25-26-10-15-12(3)22-11(2)14(9-17(23)24-4)18(15)13-7-6-8-16(20)19(13)21/h6-8H,5,9-10H2,1-4H3. The van der Waals surface area contributed by atoms with Crippen LogP contribution in [0.5, 0.6) is 0 Å². The number of halogens is 2. The van der Waals surface area contributed by atoms with Gasteiger partial charge in [0.2, 0.25) is 0 Å². The molecule has 5 nitrogen and oxygen atoms in total. The number of aryl methyl sites for hydroxylation is 2. The second-order valence-electron chi connectivity index (χ2n) is 5.64. The molecule has 2 aromatic rings. The van der Waals surface area contributed by atoms with Crippen molar-refractivity contribution in [3.63, 3.8) is 0 Å². The van der Waals surface area contributed by atoms with E-state index < -0.39 is 0 Å². The number of hydrogen-bond donors (Lipinski definition) is 0. The maximum atomic E-state index is 12.0. The van der Waals surface area contributed by atoms with Crippen LogP contribution in [-0.4, -0.2) is 24.7 Å². The van der Waals surface area contributed by atoms with Gasteiger partial charge in [0, 0.05) is 22.5 Å². The van der Waals surface area contributed by atoms with Crippen LogP contribution in [0.1, 0.15) is 29.4 Å². The number of aromatic nitrogens is 1. The number of carbonyl (C=O) groups is 1. The minimum atomic E-state index is -0.366. The van der Waals surface area contributed by atoms with E-state index in [1.165, 1.54) is 7.11 Å². The van der Waals surface area contributed by atoms with Gasteiger partial charge in [-0.1, -0.05) is 35.3 Å². The highest BCUT2D eigenvalue weighted by atomic mass is 35.5. The van der Waals surface area contributed by atoms with Crippen LogP contribution >= 0.6 is 23.2 Å². The van der Waals surface area contributed by atoms with Gasteiger partial charge in [-0.3, -0.25) is 9.78 Å². The van der Waals surface area contributed by atoms with E-state index in [0.717, 1.165) is 28.1 Å². The van der Waals surface area contributed by atoms with E-state index in [4.69, 9.17) is 37.7 Å². The molecule has 1 heterocycles. The summed E-state index contributed by atoms with van der Waals surface area (Å²) in [6, 6.07) is 5.38. The Morgan fingerprint density at radius 3 is 2.46 bits per heavy atom. The van der Waals surface area contributed by atoms with Gasteiger partial charge < -0.3 is 4.74 Å². The number of pyridine rings is 1. The lowest BCUT2D eigenvalue weighted by Crippen LogP contribution is -2.12. The highest BCUT2D eigenvalue weighted by Crippen LogP contribution is 2.39. The first-order valence-electron chi connectivity index (χ1n) is 8.15. The third-order valence-corrected chi connectivity index (χ3v) is 4.81. The van der Waals surface area contributed by atoms with Crippen molar-refractivity contribution < 1.29 is 19.3 Å². The van der Waals surface area contributed by atoms with Gasteiger partial charge in [0.15, 0.2) is 0 Å². The molecule has 0 radical (unpaired) electrons. The summed E-state index contributed by atoms with van der Waals surface area (Å²) in [4.78, 5) is 26.8. The van der Waals surface area contributed by atoms with Crippen molar-refractivity contribution in [2.75, 3.05) is 13.7 Å². The largest absolute Gasteiger partial charge is 0.469 e. The van der Waals surface area contributed by atoms with E-state index in [1.54, 1.807) is 6.07 Å². The zero-order valence-corrected chi connectivity index (χ0v) is 16.7. The van der Waals surface area contributed by atoms with Gasteiger partial charge in [-0.05, 0) is 38.0 Å². The summed E-state index contributed by atoms with van der Waals surface area (Å²) in [5.41, 5.74) is 4.48. The number of nitrogens with zero attached hydrogens (tertiary/aromatic N) is 1. The Hall–Kier alpha value is -1.66. The molecule has 1 aromatic heterocycles. The average molecular weight is 398 g/mol. The van der Waals surface area contributed by atoms with Gasteiger partial charge in [-0.15, -0.1) is 0 Å². The van der Waals surface area contributed by atoms with Crippen LogP contribution in [0.2, 0.25) is 10.0 Å². The molecule has 0 fully saturated rings. The van der Waals surface area contributed by atoms with E-state index >= 15 is 0 Å². The SMILES string of the molecule is CCOOCc1c(C)nc(C)c(CC(=O)OC)c1-c1cccc(Cl)c1Cl. The van der Waals surface area contributed by atoms with Crippen molar-refractivity contribution in [1.29, 1.82) is 0 Å². The molecule has 0 N–H and O–H groups in total. The summed E-state index contributed by atoms with van der Waals surface area (Å²) >= 11 is 12.7. The van der Waals surface area contributed by atoms with Crippen molar-refractivity contribution in [3.05, 3.63) is 50.8 Å². The number of carbonyl (C=O) groups excluding carboxylic acids is 1. The lowest BCUT2D eigenvalue weighted by atomic mass is 9.91. The van der Waals surface area contributed by atoms with Crippen molar-refractivity contribution >= 4 is 29.2 Å². The second kappa shape index (κ2) is 9.33. The molecule has 0 bridgehead atoms. The average Bonchev–Trinajstić information content (AvgIpc) is 2.61. The zero-order chi connectivity index (χ0) is 19.3. The van der Waals surface area contributed by atoms with E-state index in [-0.39, 0.29) is 19.0 Å². The molecule has 0 saturated heterocycles. The number of methoxy groups -OCH3 is 1. The predicted molar refractivity (Wildman–Crippen MR) is 101 cm³/mol. The van der Waals surface area contributed by atoms with Gasteiger partial charge in [0.05, 0.1) is 30.2 Å². The van der Waals surface area contributed by atoms with Crippen molar-refractivity contribution in [3.8, 4) is 11.1 Å². The molecule has 0 aliphatic rings. The Bertz CT molecular complexity index is 809. The molecular weight excluding hydrogens is 377 g/mol. The molecule has 0 spiro atoms. The summed E-state index contributed by atoms with van der Waals surface area (Å²) in [6.07, 6.45) is 0.0649. The van der Waals surface area contributed by atoms with Gasteiger partial charge >= 0.3 is 5.97 Å². The van der Waals surface area contributed by atoms with Gasteiger partial charge in [-0.25, -0.2) is 9.78 Å². The van der Waals surface area contributed by atoms with Gasteiger partial charge in [0.1, 0.15) is 6.61 Å². The molecular formula is C19H21Cl2NO4. The second-order valence-corrected chi connectivity index (χ2v) is 6.42. The van der Waals surface area contributed by atoms with Crippen LogP contribution in [0.3, 0.4) is 0 Å². The fourth-order valence-corrected chi connectivity index (χ4v) is 3.14. The minimum Gasteiger partial charge on any atom is -0.469 e. The van der Waals surface area contributed by atoms with Gasteiger partial charge in [0.25, 0.3) is 0 Å². The lowest BCUT2D eigenvalue weighted by molar-refractivity contribution is -0.300. The molecule has 140 valence electrons. The molecule has 2 rings (SSSR count). The highest BCUT2D eigenvalue weighted by molar-refractivity contribution is 6.43. The predicted octanol–water partition coefficient (Wildman–Crippen LogP) is 4.86. The van der Waals surface area contributed by atoms with Crippen LogP contribution in [0.25, 0.3) is 11.1 Å². The Kier molecular flexibility index (Phi) is 7.41. The van der Waals surface area contributed by atoms with Crippen LogP contribution in [0.4, 0.5) is 0 Å². The first kappa shape index (κ1) is 20.6. The number of rotatable bonds is 7. The summed E-state index contributed by atoms with van der Waals surface area (Å²) in [6.45, 7) is 6.14. The molecule has 0 atom stereocenters. The monoisotopic (exact) mass is 397 g/mol. The molecule has 0 amide bonds. The Labute approximate surface area is 163 Å². The Morgan fingerprint density at radius 1 is 1.12 bits per heavy atom. The fourth-order valence-electron chi connectivity index (χ4n) is 2.75. The number of ether oxygens (including phenoxy) is 1. The quantitative estimate of drug-likeness (QED) is 0.289. The molecule has 0 aliphatic carbocycles. The number of hydrogen-bond acceptors (Lipinski definition) is 5. The smallest absolute Gasteiger partial charge is 0.310 e. The summed E-state index contributed by atoms with van der Waals surface area (Å²) < 4.78 is 4.84. The normalized spacial score (nSPS) is 10.8. The first-order valence-corrected chi connectivity index (χ1v) is 8.90. The third kappa shape index (κ3) is 4.54. The van der Waals surface area contributed by atoms with Crippen LogP contribution < -0.4 is 0 Å². The van der Waals surface area contributed by atoms with Crippen LogP contribution in [0.15, 0.2) is 18.2 Å². The molecule has 0 saturated carbocycles. The molecule has 0 unspecified atom stereocenters. The van der Waals surface area contributed by atoms with Crippen molar-refractivity contribution in [1.82, 2.24) is 4.98 Å². The zero-order valence-electron chi connectivity index (χ0n) is 15.2. The van der Waals surface area contributed by atoms with Crippen molar-refractivity contribution in [2.45, 2.75) is 33.8 Å². The van der Waals surface area contributed by atoms with E-state index in [1.807, 2.05) is 32.9 Å². The number of esters is 1. The maximum Gasteiger partial charge on any atom is 0.310 e. The molecule has 7 heteroatoms. The van der Waals surface area contributed by atoms with Crippen LogP contribution in [-0.2, 0) is 32.3 Å². The topological polar surface area (TPSA) is 57.7 Å². The Balaban J connectivity index is 2.72. The Morgan fingerprint density at radius 2 is 1.81 bits per heavy atom. The van der Waals surface area contributed by atoms with E-state index in [9.17, 15) is 4.79 Å². The summed E-state index contributed by atoms with van der Waals surface area (Å²) in [5.74, 6) is -0.366. The maximum absolute atomic E-state index is 12.0. The fraction of sp³-hybridized carbons (Fsp3) is 0.368. The number of benzene rings is 1. The first-order chi connectivity index (χ1) is 12.4. The summed E-state index contributed by atoms with van der Waals surface area (Å²) in [7, 11) is 1.35. The van der Waals surface area contributed by atoms with Crippen LogP contribution in [0, 0.1) is 13.8 Å². The molecule has 26 heavy (non-hydrogen) atoms. The molecule has 0 aliphatic heterocycles. The van der Waals surface area contributed by atoms with E-state index in [0.29, 0.717) is 22.2 Å². The highest BCUT2D eigenvalue weighted by Gasteiger charge is 2.22. The summed E-state index contributed by atoms with van der Waals surface area (Å²) in [5, 5.41) is 0.833. The van der Waals surface area contributed by atoms with Gasteiger partial charge in [-0.2, -0.15) is 0 Å². The third-order valence-electron chi connectivity index (χ3n) is 3.99.